The summed E-state index contributed by atoms with van der Waals surface area (Å²) in [5.41, 5.74) is 3.55. The van der Waals surface area contributed by atoms with Gasteiger partial charge in [-0.2, -0.15) is 0 Å². The van der Waals surface area contributed by atoms with E-state index in [4.69, 9.17) is 4.52 Å². The van der Waals surface area contributed by atoms with Crippen LogP contribution in [0.1, 0.15) is 47.1 Å². The van der Waals surface area contributed by atoms with Crippen LogP contribution in [0.25, 0.3) is 11.1 Å². The second-order valence-electron chi connectivity index (χ2n) is 6.66. The van der Waals surface area contributed by atoms with E-state index in [2.05, 4.69) is 16.7 Å². The van der Waals surface area contributed by atoms with Crippen molar-refractivity contribution < 1.29 is 9.32 Å². The number of nitrogens with zero attached hydrogens (tertiary/aromatic N) is 3. The molecule has 0 saturated heterocycles. The zero-order valence-corrected chi connectivity index (χ0v) is 15.4. The Kier molecular flexibility index (Phi) is 5.16. The van der Waals surface area contributed by atoms with Crippen LogP contribution in [0.5, 0.6) is 0 Å². The van der Waals surface area contributed by atoms with E-state index in [1.54, 1.807) is 11.0 Å². The quantitative estimate of drug-likeness (QED) is 0.616. The first-order valence-electron chi connectivity index (χ1n) is 8.72. The molecule has 5 heteroatoms. The van der Waals surface area contributed by atoms with E-state index in [0.29, 0.717) is 35.4 Å². The van der Waals surface area contributed by atoms with E-state index in [1.165, 1.54) is 0 Å². The number of aromatic nitrogens is 2. The molecule has 26 heavy (non-hydrogen) atoms. The Labute approximate surface area is 153 Å². The minimum atomic E-state index is -0.0747. The van der Waals surface area contributed by atoms with Crippen molar-refractivity contribution in [1.29, 1.82) is 0 Å². The van der Waals surface area contributed by atoms with Gasteiger partial charge < -0.3 is 9.42 Å². The number of rotatable bonds is 6. The van der Waals surface area contributed by atoms with Gasteiger partial charge in [-0.15, -0.1) is 6.58 Å². The molecule has 0 bridgehead atoms. The molecule has 0 N–H and O–H groups in total. The third-order valence-corrected chi connectivity index (χ3v) is 4.31. The Morgan fingerprint density at radius 1 is 1.31 bits per heavy atom. The lowest BCUT2D eigenvalue weighted by Crippen LogP contribution is -2.31. The smallest absolute Gasteiger partial charge is 0.259 e. The van der Waals surface area contributed by atoms with Crippen molar-refractivity contribution in [3.63, 3.8) is 0 Å². The Bertz CT molecular complexity index is 929. The summed E-state index contributed by atoms with van der Waals surface area (Å²) in [6.07, 6.45) is 1.74. The monoisotopic (exact) mass is 349 g/mol. The number of pyridine rings is 1. The highest BCUT2D eigenvalue weighted by Crippen LogP contribution is 2.26. The van der Waals surface area contributed by atoms with Crippen molar-refractivity contribution in [2.75, 3.05) is 6.54 Å². The number of amides is 1. The van der Waals surface area contributed by atoms with E-state index < -0.39 is 0 Å². The average molecular weight is 349 g/mol. The summed E-state index contributed by atoms with van der Waals surface area (Å²) >= 11 is 0. The van der Waals surface area contributed by atoms with Gasteiger partial charge in [0.05, 0.1) is 16.6 Å². The first-order chi connectivity index (χ1) is 12.5. The zero-order valence-electron chi connectivity index (χ0n) is 15.4. The van der Waals surface area contributed by atoms with Crippen LogP contribution in [0.2, 0.25) is 0 Å². The molecule has 2 heterocycles. The minimum Gasteiger partial charge on any atom is -0.336 e. The standard InChI is InChI=1S/C21H23N3O2/c1-5-11-24(13-16-9-7-6-8-10-16)21(25)17-12-18(14(2)3)22-20-19(17)15(4)23-26-20/h5-10,12,14H,1,11,13H2,2-4H3. The second kappa shape index (κ2) is 7.52. The lowest BCUT2D eigenvalue weighted by Gasteiger charge is -2.22. The SMILES string of the molecule is C=CCN(Cc1ccccc1)C(=O)c1cc(C(C)C)nc2onc(C)c12. The molecule has 0 unspecified atom stereocenters. The van der Waals surface area contributed by atoms with E-state index in [0.717, 1.165) is 11.3 Å². The van der Waals surface area contributed by atoms with Crippen molar-refractivity contribution in [2.24, 2.45) is 0 Å². The Morgan fingerprint density at radius 3 is 2.69 bits per heavy atom. The van der Waals surface area contributed by atoms with Crippen LogP contribution in [0.15, 0.2) is 53.6 Å². The number of carbonyl (C=O) groups is 1. The molecule has 0 aliphatic rings. The summed E-state index contributed by atoms with van der Waals surface area (Å²) in [6.45, 7) is 10.7. The maximum absolute atomic E-state index is 13.4. The van der Waals surface area contributed by atoms with Gasteiger partial charge in [0, 0.05) is 18.8 Å². The summed E-state index contributed by atoms with van der Waals surface area (Å²) in [6, 6.07) is 11.8. The number of benzene rings is 1. The molecule has 0 aliphatic carbocycles. The highest BCUT2D eigenvalue weighted by molar-refractivity contribution is 6.06. The Hall–Kier alpha value is -2.95. The molecule has 1 aromatic carbocycles. The first kappa shape index (κ1) is 17.9. The topological polar surface area (TPSA) is 59.2 Å². The van der Waals surface area contributed by atoms with Gasteiger partial charge in [0.2, 0.25) is 0 Å². The van der Waals surface area contributed by atoms with Gasteiger partial charge in [0.1, 0.15) is 0 Å². The number of aryl methyl sites for hydroxylation is 1. The van der Waals surface area contributed by atoms with Gasteiger partial charge in [0.25, 0.3) is 11.6 Å². The summed E-state index contributed by atoms with van der Waals surface area (Å²) < 4.78 is 5.34. The molecule has 2 aromatic heterocycles. The highest BCUT2D eigenvalue weighted by atomic mass is 16.5. The van der Waals surface area contributed by atoms with Crippen molar-refractivity contribution in [3.05, 3.63) is 71.6 Å². The van der Waals surface area contributed by atoms with E-state index in [9.17, 15) is 4.79 Å². The largest absolute Gasteiger partial charge is 0.336 e. The van der Waals surface area contributed by atoms with Crippen molar-refractivity contribution in [3.8, 4) is 0 Å². The third-order valence-electron chi connectivity index (χ3n) is 4.31. The number of fused-ring (bicyclic) bond motifs is 1. The maximum Gasteiger partial charge on any atom is 0.259 e. The van der Waals surface area contributed by atoms with Gasteiger partial charge in [-0.1, -0.05) is 55.4 Å². The van der Waals surface area contributed by atoms with Crippen LogP contribution in [-0.2, 0) is 6.54 Å². The molecule has 0 aliphatic heterocycles. The number of hydrogen-bond donors (Lipinski definition) is 0. The normalized spacial score (nSPS) is 11.1. The summed E-state index contributed by atoms with van der Waals surface area (Å²) in [4.78, 5) is 19.6. The maximum atomic E-state index is 13.4. The molecular formula is C21H23N3O2. The van der Waals surface area contributed by atoms with Crippen LogP contribution in [-0.4, -0.2) is 27.5 Å². The fourth-order valence-corrected chi connectivity index (χ4v) is 2.93. The fraction of sp³-hybridized carbons (Fsp3) is 0.286. The molecule has 1 amide bonds. The van der Waals surface area contributed by atoms with Gasteiger partial charge in [-0.25, -0.2) is 4.98 Å². The predicted molar refractivity (Wildman–Crippen MR) is 102 cm³/mol. The lowest BCUT2D eigenvalue weighted by molar-refractivity contribution is 0.0764. The van der Waals surface area contributed by atoms with Crippen LogP contribution in [0.3, 0.4) is 0 Å². The fourth-order valence-electron chi connectivity index (χ4n) is 2.93. The van der Waals surface area contributed by atoms with Gasteiger partial charge in [-0.05, 0) is 24.5 Å². The van der Waals surface area contributed by atoms with Gasteiger partial charge in [0.15, 0.2) is 0 Å². The second-order valence-corrected chi connectivity index (χ2v) is 6.66. The summed E-state index contributed by atoms with van der Waals surface area (Å²) in [5.74, 6) is 0.104. The molecule has 0 radical (unpaired) electrons. The van der Waals surface area contributed by atoms with E-state index >= 15 is 0 Å². The molecular weight excluding hydrogens is 326 g/mol. The Balaban J connectivity index is 2.05. The van der Waals surface area contributed by atoms with Gasteiger partial charge >= 0.3 is 0 Å². The van der Waals surface area contributed by atoms with Gasteiger partial charge in [-0.3, -0.25) is 4.79 Å². The number of carbonyl (C=O) groups excluding carboxylic acids is 1. The number of hydrogen-bond acceptors (Lipinski definition) is 4. The minimum absolute atomic E-state index is 0.0747. The molecule has 0 fully saturated rings. The molecule has 0 saturated carbocycles. The lowest BCUT2D eigenvalue weighted by atomic mass is 10.0. The Morgan fingerprint density at radius 2 is 2.04 bits per heavy atom. The predicted octanol–water partition coefficient (Wildman–Crippen LogP) is 4.48. The third kappa shape index (κ3) is 3.52. The van der Waals surface area contributed by atoms with Crippen molar-refractivity contribution >= 4 is 17.0 Å². The van der Waals surface area contributed by atoms with Crippen molar-refractivity contribution in [2.45, 2.75) is 33.2 Å². The molecule has 134 valence electrons. The molecule has 3 aromatic rings. The highest BCUT2D eigenvalue weighted by Gasteiger charge is 2.23. The van der Waals surface area contributed by atoms with Crippen LogP contribution < -0.4 is 0 Å². The molecule has 3 rings (SSSR count). The van der Waals surface area contributed by atoms with Crippen LogP contribution in [0.4, 0.5) is 0 Å². The molecule has 0 spiro atoms. The van der Waals surface area contributed by atoms with Crippen LogP contribution >= 0.6 is 0 Å². The van der Waals surface area contributed by atoms with E-state index in [-0.39, 0.29) is 11.8 Å². The summed E-state index contributed by atoms with van der Waals surface area (Å²) in [5, 5.41) is 4.68. The average Bonchev–Trinajstić information content (AvgIpc) is 3.02. The molecule has 0 atom stereocenters. The van der Waals surface area contributed by atoms with Crippen LogP contribution in [0, 0.1) is 6.92 Å². The zero-order chi connectivity index (χ0) is 18.7. The summed E-state index contributed by atoms with van der Waals surface area (Å²) in [7, 11) is 0. The van der Waals surface area contributed by atoms with Crippen molar-refractivity contribution in [1.82, 2.24) is 15.0 Å². The first-order valence-corrected chi connectivity index (χ1v) is 8.72. The van der Waals surface area contributed by atoms with E-state index in [1.807, 2.05) is 57.2 Å². The molecule has 5 nitrogen and oxygen atoms in total.